The van der Waals surface area contributed by atoms with E-state index in [-0.39, 0.29) is 31.2 Å². The summed E-state index contributed by atoms with van der Waals surface area (Å²) in [7, 11) is 3.02. The molecule has 1 aromatic heterocycles. The lowest BCUT2D eigenvalue weighted by molar-refractivity contribution is -0.0975. The van der Waals surface area contributed by atoms with Crippen molar-refractivity contribution in [1.82, 2.24) is 14.2 Å². The minimum Gasteiger partial charge on any atom is -0.497 e. The number of nitrogens with one attached hydrogen (secondary N) is 2. The first kappa shape index (κ1) is 42.0. The van der Waals surface area contributed by atoms with Crippen LogP contribution in [0.3, 0.4) is 0 Å². The Balaban J connectivity index is 1.65. The highest BCUT2D eigenvalue weighted by Gasteiger charge is 2.51. The third-order valence-electron chi connectivity index (χ3n) is 9.70. The molecule has 0 amide bonds. The van der Waals surface area contributed by atoms with Crippen LogP contribution < -0.4 is 20.7 Å². The van der Waals surface area contributed by atoms with Crippen molar-refractivity contribution in [3.8, 4) is 11.5 Å². The normalized spacial score (nSPS) is 21.8. The molecule has 5 rings (SSSR count). The third-order valence-corrected chi connectivity index (χ3v) is 11.8. The first-order valence-electron chi connectivity index (χ1n) is 18.4. The molecule has 55 heavy (non-hydrogen) atoms. The first-order valence-corrected chi connectivity index (χ1v) is 19.5. The Morgan fingerprint density at radius 1 is 0.982 bits per heavy atom. The smallest absolute Gasteiger partial charge is 0.330 e. The van der Waals surface area contributed by atoms with E-state index in [1.54, 1.807) is 14.2 Å². The minimum absolute atomic E-state index is 0.0143. The molecule has 14 heteroatoms. The molecular formula is C41H53N4O9P. The van der Waals surface area contributed by atoms with Gasteiger partial charge in [0.2, 0.25) is 0 Å². The van der Waals surface area contributed by atoms with E-state index in [4.69, 9.17) is 38.1 Å². The van der Waals surface area contributed by atoms with Crippen LogP contribution in [-0.4, -0.2) is 85.0 Å². The van der Waals surface area contributed by atoms with Crippen LogP contribution in [0, 0.1) is 11.3 Å². The van der Waals surface area contributed by atoms with Gasteiger partial charge in [-0.05, 0) is 86.9 Å². The average molecular weight is 777 g/mol. The number of aromatic amines is 1. The van der Waals surface area contributed by atoms with Gasteiger partial charge < -0.3 is 32.7 Å². The maximum absolute atomic E-state index is 13.2. The molecular weight excluding hydrogens is 723 g/mol. The lowest BCUT2D eigenvalue weighted by Crippen LogP contribution is -2.43. The summed E-state index contributed by atoms with van der Waals surface area (Å²) in [5.74, 6) is 3.92. The maximum Gasteiger partial charge on any atom is 0.330 e. The number of hydrogen-bond acceptors (Lipinski definition) is 11. The van der Waals surface area contributed by atoms with Crippen LogP contribution >= 0.6 is 8.53 Å². The lowest BCUT2D eigenvalue weighted by atomic mass is 9.75. The molecule has 1 aliphatic heterocycles. The molecule has 13 nitrogen and oxygen atoms in total. The van der Waals surface area contributed by atoms with E-state index < -0.39 is 49.9 Å². The van der Waals surface area contributed by atoms with Crippen molar-refractivity contribution in [3.05, 3.63) is 123 Å². The first-order chi connectivity index (χ1) is 26.5. The molecule has 2 aromatic carbocycles. The number of benzene rings is 2. The number of ether oxygens (including phenoxy) is 5. The number of methoxy groups -OCH3 is 3. The molecule has 1 fully saturated rings. The van der Waals surface area contributed by atoms with Gasteiger partial charge in [0.25, 0.3) is 14.1 Å². The number of aromatic nitrogens is 2. The summed E-state index contributed by atoms with van der Waals surface area (Å²) in [5, 5.41) is 7.43. The highest BCUT2D eigenvalue weighted by molar-refractivity contribution is 7.44. The van der Waals surface area contributed by atoms with E-state index >= 15 is 0 Å². The summed E-state index contributed by atoms with van der Waals surface area (Å²) in [4.78, 5) is 27.6. The molecule has 1 aliphatic carbocycles. The third kappa shape index (κ3) is 9.45. The average Bonchev–Trinajstić information content (AvgIpc) is 3.51. The summed E-state index contributed by atoms with van der Waals surface area (Å²) in [6.07, 6.45) is 6.45. The largest absolute Gasteiger partial charge is 0.497 e. The highest BCUT2D eigenvalue weighted by atomic mass is 31.2. The Bertz CT molecular complexity index is 1880. The van der Waals surface area contributed by atoms with Gasteiger partial charge in [-0.1, -0.05) is 49.4 Å². The molecule has 6 atom stereocenters. The van der Waals surface area contributed by atoms with E-state index in [1.807, 2.05) is 48.5 Å². The van der Waals surface area contributed by atoms with Gasteiger partial charge in [-0.2, -0.15) is 0 Å². The standard InChI is InChI=1S/C41H53N4O9P/c1-27(2)45(28(3)4)55(52-24-10-22-42)54-37-35(53-39(38(37)50-8)44-23-21-36(46)43-40(44)47)26-51-41(32-12-9-11-29(5)25-32,30-13-17-33(48-6)18-14-30)31-15-19-34(49-7)20-16-31/h9-21,23,27-29,35,37-39,42H,24-26H2,1-8H3,(H,43,46,47). The van der Waals surface area contributed by atoms with E-state index in [0.29, 0.717) is 17.9 Å². The van der Waals surface area contributed by atoms with Gasteiger partial charge in [-0.25, -0.2) is 9.46 Å². The zero-order chi connectivity index (χ0) is 39.7. The Hall–Kier alpha value is -4.16. The predicted octanol–water partition coefficient (Wildman–Crippen LogP) is 6.50. The van der Waals surface area contributed by atoms with Gasteiger partial charge in [0.1, 0.15) is 35.4 Å². The van der Waals surface area contributed by atoms with Crippen LogP contribution in [0.4, 0.5) is 0 Å². The van der Waals surface area contributed by atoms with Gasteiger partial charge in [0.15, 0.2) is 6.23 Å². The topological polar surface area (TPSA) is 147 Å². The summed E-state index contributed by atoms with van der Waals surface area (Å²) in [6.45, 7) is 10.5. The Morgan fingerprint density at radius 2 is 1.60 bits per heavy atom. The molecule has 0 saturated carbocycles. The molecule has 0 radical (unpaired) electrons. The Labute approximate surface area is 324 Å². The van der Waals surface area contributed by atoms with Crippen LogP contribution in [-0.2, 0) is 28.9 Å². The number of rotatable bonds is 18. The second kappa shape index (κ2) is 19.1. The highest BCUT2D eigenvalue weighted by Crippen LogP contribution is 2.51. The minimum atomic E-state index is -1.77. The van der Waals surface area contributed by atoms with Crippen molar-refractivity contribution < 1.29 is 32.7 Å². The second-order valence-electron chi connectivity index (χ2n) is 14.0. The van der Waals surface area contributed by atoms with Crippen molar-refractivity contribution in [2.45, 2.75) is 83.3 Å². The molecule has 3 aromatic rings. The van der Waals surface area contributed by atoms with Crippen LogP contribution in [0.2, 0.25) is 0 Å². The van der Waals surface area contributed by atoms with Crippen molar-refractivity contribution >= 4 is 14.4 Å². The van der Waals surface area contributed by atoms with Gasteiger partial charge in [-0.15, -0.1) is 0 Å². The van der Waals surface area contributed by atoms with Gasteiger partial charge >= 0.3 is 5.69 Å². The van der Waals surface area contributed by atoms with Gasteiger partial charge in [0.05, 0.1) is 27.4 Å². The van der Waals surface area contributed by atoms with Crippen molar-refractivity contribution in [2.24, 2.45) is 5.92 Å². The number of hydrogen-bond donors (Lipinski definition) is 2. The van der Waals surface area contributed by atoms with Crippen LogP contribution in [0.25, 0.3) is 0 Å². The Morgan fingerprint density at radius 3 is 2.11 bits per heavy atom. The predicted molar refractivity (Wildman–Crippen MR) is 212 cm³/mol. The molecule has 6 unspecified atom stereocenters. The molecule has 1 saturated heterocycles. The summed E-state index contributed by atoms with van der Waals surface area (Å²) < 4.78 is 47.9. The lowest BCUT2D eigenvalue weighted by Gasteiger charge is -2.41. The van der Waals surface area contributed by atoms with E-state index in [1.165, 1.54) is 30.0 Å². The van der Waals surface area contributed by atoms with E-state index in [2.05, 4.69) is 68.4 Å². The maximum atomic E-state index is 13.2. The summed E-state index contributed by atoms with van der Waals surface area (Å²) in [5.41, 5.74) is 0.468. The van der Waals surface area contributed by atoms with E-state index in [0.717, 1.165) is 16.7 Å². The van der Waals surface area contributed by atoms with E-state index in [9.17, 15) is 9.59 Å². The van der Waals surface area contributed by atoms with Crippen LogP contribution in [0.1, 0.15) is 58.4 Å². The number of nitrogens with zero attached hydrogens (tertiary/aromatic N) is 2. The van der Waals surface area contributed by atoms with Crippen LogP contribution in [0.15, 0.2) is 100 Å². The fourth-order valence-electron chi connectivity index (χ4n) is 7.20. The molecule has 2 heterocycles. The molecule has 0 spiro atoms. The Kier molecular flexibility index (Phi) is 14.6. The number of H-pyrrole nitrogens is 1. The second-order valence-corrected chi connectivity index (χ2v) is 15.4. The molecule has 0 bridgehead atoms. The molecule has 2 N–H and O–H groups in total. The zero-order valence-electron chi connectivity index (χ0n) is 32.8. The SMILES string of the molecule is COc1ccc(C(OCC2OC(n3ccc(=O)[nH]c3=O)C(OC)C2OP(OCC=C=N)N(C(C)C)C(C)C)(C2=CC=CC(C)C2)c2ccc(OC)cc2)cc1. The summed E-state index contributed by atoms with van der Waals surface area (Å²) >= 11 is 0. The van der Waals surface area contributed by atoms with Crippen LogP contribution in [0.5, 0.6) is 11.5 Å². The molecule has 2 aliphatic rings. The monoisotopic (exact) mass is 776 g/mol. The fraction of sp³-hybridized carbons (Fsp3) is 0.463. The van der Waals surface area contributed by atoms with Crippen molar-refractivity contribution in [1.29, 1.82) is 5.41 Å². The van der Waals surface area contributed by atoms with Crippen molar-refractivity contribution in [3.63, 3.8) is 0 Å². The fourth-order valence-corrected chi connectivity index (χ4v) is 8.93. The summed E-state index contributed by atoms with van der Waals surface area (Å²) in [6, 6.07) is 17.0. The zero-order valence-corrected chi connectivity index (χ0v) is 33.7. The number of allylic oxidation sites excluding steroid dienone is 3. The quantitative estimate of drug-likeness (QED) is 0.108. The molecule has 296 valence electrons. The van der Waals surface area contributed by atoms with Gasteiger partial charge in [0, 0.05) is 37.5 Å². The van der Waals surface area contributed by atoms with Crippen molar-refractivity contribution in [2.75, 3.05) is 34.5 Å². The van der Waals surface area contributed by atoms with Gasteiger partial charge in [-0.3, -0.25) is 19.8 Å².